The van der Waals surface area contributed by atoms with Gasteiger partial charge in [0.15, 0.2) is 0 Å². The van der Waals surface area contributed by atoms with Crippen LogP contribution in [-0.4, -0.2) is 82.5 Å². The van der Waals surface area contributed by atoms with Gasteiger partial charge in [-0.1, -0.05) is 0 Å². The largest absolute Gasteiger partial charge is 0.444 e. The molecular formula is C22H35N5O4S. The molecule has 1 fully saturated rings. The summed E-state index contributed by atoms with van der Waals surface area (Å²) in [5, 5.41) is 2.75. The van der Waals surface area contributed by atoms with Gasteiger partial charge in [0.2, 0.25) is 5.91 Å². The number of aromatic nitrogens is 1. The van der Waals surface area contributed by atoms with Crippen LogP contribution in [0.5, 0.6) is 0 Å². The van der Waals surface area contributed by atoms with E-state index in [1.165, 1.54) is 6.20 Å². The molecule has 1 aromatic rings. The van der Waals surface area contributed by atoms with Crippen molar-refractivity contribution >= 4 is 35.5 Å². The maximum absolute atomic E-state index is 13.3. The van der Waals surface area contributed by atoms with Gasteiger partial charge in [-0.05, 0) is 64.2 Å². The first-order chi connectivity index (χ1) is 15.0. The molecule has 1 unspecified atom stereocenters. The highest BCUT2D eigenvalue weighted by atomic mass is 32.2. The van der Waals surface area contributed by atoms with Crippen LogP contribution in [0.4, 0.5) is 10.6 Å². The number of rotatable bonds is 8. The zero-order valence-electron chi connectivity index (χ0n) is 19.6. The molecule has 0 bridgehead atoms. The molecule has 32 heavy (non-hydrogen) atoms. The van der Waals surface area contributed by atoms with E-state index in [0.717, 1.165) is 18.6 Å². The minimum Gasteiger partial charge on any atom is -0.444 e. The Bertz CT molecular complexity index is 797. The Balaban J connectivity index is 2.05. The number of ether oxygens (including phenoxy) is 1. The maximum Gasteiger partial charge on any atom is 0.408 e. The number of hydrogen-bond acceptors (Lipinski definition) is 7. The van der Waals surface area contributed by atoms with Crippen LogP contribution >= 0.6 is 11.8 Å². The molecule has 2 heterocycles. The Hall–Kier alpha value is -2.49. The fourth-order valence-corrected chi connectivity index (χ4v) is 4.08. The van der Waals surface area contributed by atoms with Crippen molar-refractivity contribution in [1.82, 2.24) is 20.1 Å². The summed E-state index contributed by atoms with van der Waals surface area (Å²) in [5.74, 6) is 0.767. The lowest BCUT2D eigenvalue weighted by Gasteiger charge is -2.32. The molecule has 0 spiro atoms. The van der Waals surface area contributed by atoms with Gasteiger partial charge in [-0.3, -0.25) is 9.59 Å². The van der Waals surface area contributed by atoms with E-state index in [1.54, 1.807) is 61.5 Å². The van der Waals surface area contributed by atoms with Gasteiger partial charge >= 0.3 is 6.09 Å². The summed E-state index contributed by atoms with van der Waals surface area (Å²) in [6, 6.07) is 2.45. The second-order valence-electron chi connectivity index (χ2n) is 8.97. The van der Waals surface area contributed by atoms with E-state index in [4.69, 9.17) is 10.5 Å². The number of pyridine rings is 1. The molecule has 178 valence electrons. The van der Waals surface area contributed by atoms with E-state index in [-0.39, 0.29) is 17.9 Å². The van der Waals surface area contributed by atoms with Crippen molar-refractivity contribution in [3.8, 4) is 0 Å². The van der Waals surface area contributed by atoms with Crippen LogP contribution in [0, 0.1) is 0 Å². The number of nitrogens with zero attached hydrogens (tertiary/aromatic N) is 3. The van der Waals surface area contributed by atoms with Crippen LogP contribution in [0.2, 0.25) is 0 Å². The summed E-state index contributed by atoms with van der Waals surface area (Å²) in [5.41, 5.74) is 5.40. The number of hydrogen-bond donors (Lipinski definition) is 2. The molecule has 3 amide bonds. The number of likely N-dealkylation sites (tertiary alicyclic amines) is 1. The smallest absolute Gasteiger partial charge is 0.408 e. The second-order valence-corrected chi connectivity index (χ2v) is 9.95. The number of thioether (sulfide) groups is 1. The first-order valence-electron chi connectivity index (χ1n) is 10.8. The van der Waals surface area contributed by atoms with Crippen molar-refractivity contribution in [1.29, 1.82) is 0 Å². The summed E-state index contributed by atoms with van der Waals surface area (Å²) in [4.78, 5) is 45.7. The van der Waals surface area contributed by atoms with Crippen molar-refractivity contribution in [2.24, 2.45) is 0 Å². The number of nitrogens with two attached hydrogens (primary N) is 1. The fraction of sp³-hybridized carbons (Fsp3) is 0.636. The van der Waals surface area contributed by atoms with Crippen molar-refractivity contribution in [3.63, 3.8) is 0 Å². The van der Waals surface area contributed by atoms with Gasteiger partial charge in [0.25, 0.3) is 5.91 Å². The first kappa shape index (κ1) is 25.8. The van der Waals surface area contributed by atoms with Gasteiger partial charge in [-0.15, -0.1) is 0 Å². The molecule has 1 aliphatic rings. The van der Waals surface area contributed by atoms with Crippen molar-refractivity contribution in [2.75, 3.05) is 37.9 Å². The summed E-state index contributed by atoms with van der Waals surface area (Å²) in [6.45, 7) is 6.35. The highest BCUT2D eigenvalue weighted by Crippen LogP contribution is 2.21. The highest BCUT2D eigenvalue weighted by Gasteiger charge is 2.35. The number of anilines is 1. The van der Waals surface area contributed by atoms with Crippen LogP contribution < -0.4 is 11.1 Å². The molecule has 1 saturated heterocycles. The highest BCUT2D eigenvalue weighted by molar-refractivity contribution is 7.98. The van der Waals surface area contributed by atoms with Crippen LogP contribution in [0.25, 0.3) is 0 Å². The minimum atomic E-state index is -0.666. The average Bonchev–Trinajstić information content (AvgIpc) is 3.17. The normalized spacial score (nSPS) is 17.0. The van der Waals surface area contributed by atoms with Crippen LogP contribution in [0.1, 0.15) is 50.4 Å². The first-order valence-corrected chi connectivity index (χ1v) is 12.2. The number of alkyl carbamates (subject to hydrolysis) is 1. The van der Waals surface area contributed by atoms with Gasteiger partial charge in [0.05, 0.1) is 5.56 Å². The van der Waals surface area contributed by atoms with Gasteiger partial charge in [0.1, 0.15) is 17.5 Å². The molecule has 0 aliphatic carbocycles. The molecule has 10 heteroatoms. The van der Waals surface area contributed by atoms with Crippen molar-refractivity contribution < 1.29 is 19.1 Å². The molecule has 0 saturated carbocycles. The Morgan fingerprint density at radius 2 is 2.09 bits per heavy atom. The van der Waals surface area contributed by atoms with E-state index in [9.17, 15) is 14.4 Å². The Labute approximate surface area is 194 Å². The molecule has 0 aromatic carbocycles. The molecule has 2 rings (SSSR count). The quantitative estimate of drug-likeness (QED) is 0.605. The topological polar surface area (TPSA) is 118 Å². The molecule has 3 N–H and O–H groups in total. The monoisotopic (exact) mass is 465 g/mol. The van der Waals surface area contributed by atoms with Gasteiger partial charge in [-0.2, -0.15) is 11.8 Å². The third-order valence-electron chi connectivity index (χ3n) is 5.12. The number of nitrogens with one attached hydrogen (secondary N) is 1. The lowest BCUT2D eigenvalue weighted by molar-refractivity contribution is -0.134. The molecule has 9 nitrogen and oxygen atoms in total. The molecular weight excluding hydrogens is 430 g/mol. The molecule has 0 radical (unpaired) electrons. The summed E-state index contributed by atoms with van der Waals surface area (Å²) in [7, 11) is 1.71. The van der Waals surface area contributed by atoms with Crippen molar-refractivity contribution in [2.45, 2.75) is 57.7 Å². The Kier molecular flexibility index (Phi) is 9.18. The molecule has 1 aromatic heterocycles. The van der Waals surface area contributed by atoms with E-state index >= 15 is 0 Å². The average molecular weight is 466 g/mol. The third kappa shape index (κ3) is 7.58. The lowest BCUT2D eigenvalue weighted by atomic mass is 10.1. The molecule has 2 atom stereocenters. The summed E-state index contributed by atoms with van der Waals surface area (Å²) in [6.07, 6.45) is 4.97. The van der Waals surface area contributed by atoms with Gasteiger partial charge < -0.3 is 25.6 Å². The predicted molar refractivity (Wildman–Crippen MR) is 127 cm³/mol. The molecule has 1 aliphatic heterocycles. The number of likely N-dealkylation sites (N-methyl/N-ethyl adjacent to an activating group) is 1. The minimum absolute atomic E-state index is 0.115. The zero-order valence-corrected chi connectivity index (χ0v) is 20.4. The third-order valence-corrected chi connectivity index (χ3v) is 5.77. The van der Waals surface area contributed by atoms with Crippen LogP contribution in [0.3, 0.4) is 0 Å². The Morgan fingerprint density at radius 1 is 1.38 bits per heavy atom. The predicted octanol–water partition coefficient (Wildman–Crippen LogP) is 2.37. The van der Waals surface area contributed by atoms with Crippen molar-refractivity contribution in [3.05, 3.63) is 23.9 Å². The summed E-state index contributed by atoms with van der Waals surface area (Å²) >= 11 is 1.61. The van der Waals surface area contributed by atoms with Crippen LogP contribution in [-0.2, 0) is 9.53 Å². The maximum atomic E-state index is 13.3. The van der Waals surface area contributed by atoms with E-state index in [1.807, 2.05) is 6.26 Å². The number of nitrogen functional groups attached to an aromatic ring is 1. The second kappa shape index (κ2) is 11.4. The van der Waals surface area contributed by atoms with Crippen LogP contribution in [0.15, 0.2) is 18.3 Å². The van der Waals surface area contributed by atoms with E-state index < -0.39 is 17.7 Å². The summed E-state index contributed by atoms with van der Waals surface area (Å²) < 4.78 is 5.35. The zero-order chi connectivity index (χ0) is 23.9. The lowest BCUT2D eigenvalue weighted by Crippen LogP contribution is -2.53. The SMILES string of the molecule is CSCC[C@@H](NC(=O)OC(C)(C)C)C(=O)N1CCCC1CN(C)C(=O)c1ccc(N)nc1. The van der Waals surface area contributed by atoms with E-state index in [0.29, 0.717) is 30.9 Å². The number of amides is 3. The number of carbonyl (C=O) groups is 3. The van der Waals surface area contributed by atoms with Gasteiger partial charge in [0, 0.05) is 32.4 Å². The van der Waals surface area contributed by atoms with E-state index in [2.05, 4.69) is 10.3 Å². The standard InChI is InChI=1S/C22H35N5O4S/c1-22(2,3)31-21(30)25-17(10-12-32-5)20(29)27-11-6-7-16(27)14-26(4)19(28)15-8-9-18(23)24-13-15/h8-9,13,16-17H,6-7,10-12,14H2,1-5H3,(H2,23,24)(H,25,30)/t16?,17-/m1/s1. The van der Waals surface area contributed by atoms with Gasteiger partial charge in [-0.25, -0.2) is 9.78 Å². The fourth-order valence-electron chi connectivity index (χ4n) is 3.61. The Morgan fingerprint density at radius 3 is 2.69 bits per heavy atom. The number of carbonyl (C=O) groups excluding carboxylic acids is 3.